The smallest absolute Gasteiger partial charge is 0.0591 e. The molecule has 0 bridgehead atoms. The first kappa shape index (κ1) is 12.9. The molecule has 3 nitrogen and oxygen atoms in total. The Morgan fingerprint density at radius 2 is 2.20 bits per heavy atom. The molecule has 15 heavy (non-hydrogen) atoms. The van der Waals surface area contributed by atoms with E-state index >= 15 is 0 Å². The van der Waals surface area contributed by atoms with Gasteiger partial charge in [0, 0.05) is 13.2 Å². The van der Waals surface area contributed by atoms with Crippen molar-refractivity contribution in [1.82, 2.24) is 5.32 Å². The largest absolute Gasteiger partial charge is 0.380 e. The Labute approximate surface area is 93.8 Å². The summed E-state index contributed by atoms with van der Waals surface area (Å²) in [5.74, 6) is 1.55. The zero-order valence-electron chi connectivity index (χ0n) is 10.0. The molecule has 1 saturated carbocycles. The van der Waals surface area contributed by atoms with Crippen molar-refractivity contribution in [1.29, 1.82) is 0 Å². The second-order valence-corrected chi connectivity index (χ2v) is 4.75. The molecule has 0 aromatic heterocycles. The van der Waals surface area contributed by atoms with E-state index < -0.39 is 0 Å². The van der Waals surface area contributed by atoms with E-state index in [0.29, 0.717) is 5.92 Å². The van der Waals surface area contributed by atoms with Gasteiger partial charge in [-0.1, -0.05) is 6.92 Å². The summed E-state index contributed by atoms with van der Waals surface area (Å²) in [6, 6.07) is 0. The predicted octanol–water partition coefficient (Wildman–Crippen LogP) is 1.38. The summed E-state index contributed by atoms with van der Waals surface area (Å²) in [7, 11) is 0. The van der Waals surface area contributed by atoms with Gasteiger partial charge in [0.1, 0.15) is 0 Å². The number of nitrogens with two attached hydrogens (primary N) is 1. The van der Waals surface area contributed by atoms with Gasteiger partial charge in [-0.3, -0.25) is 0 Å². The highest BCUT2D eigenvalue weighted by Gasteiger charge is 2.20. The van der Waals surface area contributed by atoms with E-state index in [1.165, 1.54) is 25.7 Å². The van der Waals surface area contributed by atoms with Crippen molar-refractivity contribution < 1.29 is 4.74 Å². The third kappa shape index (κ3) is 7.77. The van der Waals surface area contributed by atoms with Gasteiger partial charge >= 0.3 is 0 Å². The van der Waals surface area contributed by atoms with Crippen LogP contribution in [0.1, 0.15) is 32.6 Å². The molecule has 1 aliphatic rings. The third-order valence-corrected chi connectivity index (χ3v) is 2.93. The van der Waals surface area contributed by atoms with Crippen LogP contribution in [-0.2, 0) is 4.74 Å². The van der Waals surface area contributed by atoms with Gasteiger partial charge in [0.2, 0.25) is 0 Å². The predicted molar refractivity (Wildman–Crippen MR) is 63.9 cm³/mol. The van der Waals surface area contributed by atoms with Crippen LogP contribution in [0.2, 0.25) is 0 Å². The third-order valence-electron chi connectivity index (χ3n) is 2.93. The Morgan fingerprint density at radius 1 is 1.40 bits per heavy atom. The van der Waals surface area contributed by atoms with E-state index in [4.69, 9.17) is 10.5 Å². The Morgan fingerprint density at radius 3 is 2.87 bits per heavy atom. The summed E-state index contributed by atoms with van der Waals surface area (Å²) in [5.41, 5.74) is 5.55. The van der Waals surface area contributed by atoms with E-state index in [0.717, 1.165) is 38.8 Å². The second kappa shape index (κ2) is 8.08. The highest BCUT2D eigenvalue weighted by atomic mass is 16.5. The van der Waals surface area contributed by atoms with E-state index in [-0.39, 0.29) is 0 Å². The summed E-state index contributed by atoms with van der Waals surface area (Å²) in [5, 5.41) is 3.39. The molecule has 1 atom stereocenters. The van der Waals surface area contributed by atoms with Crippen LogP contribution in [0.3, 0.4) is 0 Å². The van der Waals surface area contributed by atoms with Crippen LogP contribution in [0.5, 0.6) is 0 Å². The van der Waals surface area contributed by atoms with E-state index in [1.807, 2.05) is 0 Å². The number of hydrogen-bond donors (Lipinski definition) is 2. The van der Waals surface area contributed by atoms with Gasteiger partial charge in [-0.2, -0.15) is 0 Å². The Bertz CT molecular complexity index is 149. The summed E-state index contributed by atoms with van der Waals surface area (Å²) in [6.07, 6.45) is 5.21. The number of rotatable bonds is 10. The molecule has 1 fully saturated rings. The normalized spacial score (nSPS) is 18.0. The van der Waals surface area contributed by atoms with E-state index in [9.17, 15) is 0 Å². The SMILES string of the molecule is CC(CN)CCCNCCOCC1CC1. The fourth-order valence-corrected chi connectivity index (χ4v) is 1.50. The van der Waals surface area contributed by atoms with Gasteiger partial charge < -0.3 is 15.8 Å². The van der Waals surface area contributed by atoms with Crippen LogP contribution in [0.25, 0.3) is 0 Å². The summed E-state index contributed by atoms with van der Waals surface area (Å²) in [6.45, 7) is 6.94. The highest BCUT2D eigenvalue weighted by molar-refractivity contribution is 4.71. The maximum absolute atomic E-state index is 5.55. The molecule has 0 aliphatic heterocycles. The molecule has 90 valence electrons. The van der Waals surface area contributed by atoms with Gasteiger partial charge in [0.25, 0.3) is 0 Å². The van der Waals surface area contributed by atoms with E-state index in [2.05, 4.69) is 12.2 Å². The van der Waals surface area contributed by atoms with Crippen molar-refractivity contribution in [3.05, 3.63) is 0 Å². The molecule has 1 rings (SSSR count). The first-order chi connectivity index (χ1) is 7.33. The average molecular weight is 214 g/mol. The Balaban J connectivity index is 1.68. The first-order valence-corrected chi connectivity index (χ1v) is 6.31. The fraction of sp³-hybridized carbons (Fsp3) is 1.00. The molecule has 3 N–H and O–H groups in total. The van der Waals surface area contributed by atoms with Crippen LogP contribution in [0.15, 0.2) is 0 Å². The topological polar surface area (TPSA) is 47.3 Å². The van der Waals surface area contributed by atoms with Gasteiger partial charge in [-0.25, -0.2) is 0 Å². The van der Waals surface area contributed by atoms with Gasteiger partial charge in [0.05, 0.1) is 6.61 Å². The Kier molecular flexibility index (Phi) is 6.98. The Hall–Kier alpha value is -0.120. The molecule has 3 heteroatoms. The summed E-state index contributed by atoms with van der Waals surface area (Å²) < 4.78 is 5.52. The van der Waals surface area contributed by atoms with Crippen molar-refractivity contribution in [3.63, 3.8) is 0 Å². The molecule has 0 aromatic rings. The molecule has 1 unspecified atom stereocenters. The highest BCUT2D eigenvalue weighted by Crippen LogP contribution is 2.28. The maximum atomic E-state index is 5.55. The molecule has 0 amide bonds. The van der Waals surface area contributed by atoms with Crippen molar-refractivity contribution in [2.75, 3.05) is 32.8 Å². The zero-order valence-corrected chi connectivity index (χ0v) is 10.0. The molecular formula is C12H26N2O. The average Bonchev–Trinajstić information content (AvgIpc) is 3.05. The lowest BCUT2D eigenvalue weighted by Crippen LogP contribution is -2.22. The standard InChI is InChI=1S/C12H26N2O/c1-11(9-13)3-2-6-14-7-8-15-10-12-4-5-12/h11-12,14H,2-10,13H2,1H3. The molecule has 0 aromatic carbocycles. The zero-order chi connectivity index (χ0) is 10.9. The van der Waals surface area contributed by atoms with Crippen molar-refractivity contribution in [3.8, 4) is 0 Å². The van der Waals surface area contributed by atoms with Crippen LogP contribution in [0.4, 0.5) is 0 Å². The number of ether oxygens (including phenoxy) is 1. The van der Waals surface area contributed by atoms with Crippen molar-refractivity contribution in [2.24, 2.45) is 17.6 Å². The minimum absolute atomic E-state index is 0.665. The minimum atomic E-state index is 0.665. The summed E-state index contributed by atoms with van der Waals surface area (Å²) >= 11 is 0. The molecule has 0 radical (unpaired) electrons. The maximum Gasteiger partial charge on any atom is 0.0591 e. The van der Waals surface area contributed by atoms with Crippen LogP contribution >= 0.6 is 0 Å². The number of nitrogens with one attached hydrogen (secondary N) is 1. The van der Waals surface area contributed by atoms with Crippen LogP contribution < -0.4 is 11.1 Å². The first-order valence-electron chi connectivity index (χ1n) is 6.31. The quantitative estimate of drug-likeness (QED) is 0.540. The molecule has 1 aliphatic carbocycles. The van der Waals surface area contributed by atoms with Crippen LogP contribution in [0, 0.1) is 11.8 Å². The van der Waals surface area contributed by atoms with Gasteiger partial charge in [-0.15, -0.1) is 0 Å². The van der Waals surface area contributed by atoms with Crippen molar-refractivity contribution >= 4 is 0 Å². The monoisotopic (exact) mass is 214 g/mol. The van der Waals surface area contributed by atoms with Gasteiger partial charge in [-0.05, 0) is 50.6 Å². The summed E-state index contributed by atoms with van der Waals surface area (Å²) in [4.78, 5) is 0. The lowest BCUT2D eigenvalue weighted by atomic mass is 10.1. The molecule has 0 heterocycles. The molecular weight excluding hydrogens is 188 g/mol. The molecule has 0 saturated heterocycles. The second-order valence-electron chi connectivity index (χ2n) is 4.75. The van der Waals surface area contributed by atoms with Crippen molar-refractivity contribution in [2.45, 2.75) is 32.6 Å². The lowest BCUT2D eigenvalue weighted by Gasteiger charge is -2.08. The van der Waals surface area contributed by atoms with Crippen LogP contribution in [-0.4, -0.2) is 32.8 Å². The fourth-order valence-electron chi connectivity index (χ4n) is 1.50. The number of hydrogen-bond acceptors (Lipinski definition) is 3. The molecule has 0 spiro atoms. The van der Waals surface area contributed by atoms with Gasteiger partial charge in [0.15, 0.2) is 0 Å². The lowest BCUT2D eigenvalue weighted by molar-refractivity contribution is 0.126. The van der Waals surface area contributed by atoms with E-state index in [1.54, 1.807) is 0 Å². The minimum Gasteiger partial charge on any atom is -0.380 e.